The first-order valence-corrected chi connectivity index (χ1v) is 18.1. The Kier molecular flexibility index (Phi) is 24.9. The number of rotatable bonds is 29. The maximum absolute atomic E-state index is 12.4. The second kappa shape index (κ2) is 25.4. The summed E-state index contributed by atoms with van der Waals surface area (Å²) in [6.07, 6.45) is 12.3. The fourth-order valence-electron chi connectivity index (χ4n) is 3.75. The molecule has 2 unspecified atom stereocenters. The number of aliphatic hydroxyl groups excluding tert-OH is 1. The van der Waals surface area contributed by atoms with Gasteiger partial charge in [-0.3, -0.25) is 27.7 Å². The van der Waals surface area contributed by atoms with Crippen molar-refractivity contribution in [1.29, 1.82) is 0 Å². The molecule has 0 aliphatic rings. The van der Waals surface area contributed by atoms with Gasteiger partial charge in [0.15, 0.2) is 6.10 Å². The highest BCUT2D eigenvalue weighted by Crippen LogP contribution is 2.44. The minimum Gasteiger partial charge on any atom is -0.462 e. The number of aliphatic hydroxyl groups is 1. The Morgan fingerprint density at radius 3 is 1.57 bits per heavy atom. The van der Waals surface area contributed by atoms with Gasteiger partial charge >= 0.3 is 27.6 Å². The Bertz CT molecular complexity index is 796. The van der Waals surface area contributed by atoms with Crippen LogP contribution in [0.3, 0.4) is 0 Å². The third-order valence-corrected chi connectivity index (χ3v) is 8.10. The smallest absolute Gasteiger partial charge is 0.462 e. The number of unbranched alkanes of at least 4 members (excludes halogenated alkanes) is 12. The van der Waals surface area contributed by atoms with Crippen LogP contribution in [-0.2, 0) is 46.3 Å². The zero-order valence-electron chi connectivity index (χ0n) is 25.6. The van der Waals surface area contributed by atoms with Crippen LogP contribution < -0.4 is 0 Å². The van der Waals surface area contributed by atoms with Crippen molar-refractivity contribution in [3.8, 4) is 0 Å². The third kappa shape index (κ3) is 25.6. The highest BCUT2D eigenvalue weighted by molar-refractivity contribution is 7.47. The van der Waals surface area contributed by atoms with Gasteiger partial charge in [0, 0.05) is 20.0 Å². The summed E-state index contributed by atoms with van der Waals surface area (Å²) in [5.74, 6) is -1.03. The lowest BCUT2D eigenvalue weighted by atomic mass is 10.1. The molecule has 3 N–H and O–H groups in total. The fourth-order valence-corrected chi connectivity index (χ4v) is 5.00. The molecule has 0 rings (SSSR count). The quantitative estimate of drug-likeness (QED) is 0.0489. The number of hydrogen-bond acceptors (Lipinski definition) is 11. The Morgan fingerprint density at radius 1 is 0.619 bits per heavy atom. The summed E-state index contributed by atoms with van der Waals surface area (Å²) in [5, 5.41) is 9.76. The van der Waals surface area contributed by atoms with Crippen LogP contribution in [0, 0.1) is 0 Å². The van der Waals surface area contributed by atoms with Gasteiger partial charge in [-0.1, -0.05) is 90.9 Å². The number of carbonyl (C=O) groups excluding carboxylic acids is 2. The van der Waals surface area contributed by atoms with E-state index >= 15 is 0 Å². The van der Waals surface area contributed by atoms with Crippen LogP contribution in [0.4, 0.5) is 0 Å². The molecule has 0 aromatic heterocycles. The fraction of sp³-hybridized carbons (Fsp3) is 0.926. The van der Waals surface area contributed by atoms with Crippen LogP contribution in [0.25, 0.3) is 0 Å². The van der Waals surface area contributed by atoms with E-state index in [-0.39, 0.29) is 19.4 Å². The minimum absolute atomic E-state index is 0.146. The summed E-state index contributed by atoms with van der Waals surface area (Å²) in [4.78, 5) is 43.6. The Morgan fingerprint density at radius 2 is 1.05 bits per heavy atom. The molecule has 0 amide bonds. The second-order valence-corrected chi connectivity index (χ2v) is 13.2. The largest absolute Gasteiger partial charge is 0.472 e. The van der Waals surface area contributed by atoms with E-state index in [4.69, 9.17) is 18.9 Å². The van der Waals surface area contributed by atoms with E-state index in [1.807, 2.05) is 0 Å². The number of hydrogen-bond donors (Lipinski definition) is 3. The van der Waals surface area contributed by atoms with Gasteiger partial charge in [0.05, 0.1) is 19.8 Å². The van der Waals surface area contributed by atoms with Crippen molar-refractivity contribution in [3.05, 3.63) is 0 Å². The highest BCUT2D eigenvalue weighted by atomic mass is 31.2. The van der Waals surface area contributed by atoms with Crippen LogP contribution in [0.2, 0.25) is 0 Å². The molecule has 0 fully saturated rings. The van der Waals surface area contributed by atoms with Crippen LogP contribution >= 0.6 is 15.6 Å². The van der Waals surface area contributed by atoms with Gasteiger partial charge in [-0.15, -0.1) is 0 Å². The summed E-state index contributed by atoms with van der Waals surface area (Å²) in [6, 6.07) is 0. The van der Waals surface area contributed by atoms with Crippen LogP contribution in [0.15, 0.2) is 0 Å². The van der Waals surface area contributed by atoms with E-state index in [0.29, 0.717) is 12.8 Å². The number of phosphoric acid groups is 2. The van der Waals surface area contributed by atoms with E-state index in [9.17, 15) is 28.7 Å². The summed E-state index contributed by atoms with van der Waals surface area (Å²) in [6.45, 7) is 1.79. The molecule has 0 spiro atoms. The lowest BCUT2D eigenvalue weighted by Gasteiger charge is -2.20. The third-order valence-electron chi connectivity index (χ3n) is 6.21. The maximum Gasteiger partial charge on any atom is 0.472 e. The van der Waals surface area contributed by atoms with Crippen LogP contribution in [-0.4, -0.2) is 72.6 Å². The average molecular weight is 649 g/mol. The van der Waals surface area contributed by atoms with Gasteiger partial charge in [-0.05, 0) is 12.8 Å². The van der Waals surface area contributed by atoms with Gasteiger partial charge in [0.25, 0.3) is 0 Å². The van der Waals surface area contributed by atoms with Gasteiger partial charge < -0.3 is 24.4 Å². The number of ether oxygens (including phenoxy) is 2. The summed E-state index contributed by atoms with van der Waals surface area (Å²) >= 11 is 0. The molecule has 4 atom stereocenters. The molecular formula is C27H54O13P2. The first-order valence-electron chi connectivity index (χ1n) is 15.1. The van der Waals surface area contributed by atoms with Crippen LogP contribution in [0.1, 0.15) is 117 Å². The van der Waals surface area contributed by atoms with Gasteiger partial charge in [-0.2, -0.15) is 0 Å². The normalized spacial score (nSPS) is 15.9. The molecule has 42 heavy (non-hydrogen) atoms. The lowest BCUT2D eigenvalue weighted by Crippen LogP contribution is -2.30. The van der Waals surface area contributed by atoms with Crippen molar-refractivity contribution >= 4 is 27.6 Å². The molecule has 0 heterocycles. The average Bonchev–Trinajstić information content (AvgIpc) is 2.95. The van der Waals surface area contributed by atoms with Gasteiger partial charge in [0.2, 0.25) is 0 Å². The molecule has 0 saturated carbocycles. The van der Waals surface area contributed by atoms with Crippen molar-refractivity contribution in [3.63, 3.8) is 0 Å². The Balaban J connectivity index is 4.65. The highest BCUT2D eigenvalue weighted by Gasteiger charge is 2.28. The Hall–Kier alpha value is -0.880. The molecule has 13 nitrogen and oxygen atoms in total. The van der Waals surface area contributed by atoms with E-state index in [0.717, 1.165) is 45.6 Å². The zero-order valence-corrected chi connectivity index (χ0v) is 27.4. The first-order chi connectivity index (χ1) is 19.9. The molecule has 0 saturated heterocycles. The second-order valence-electron chi connectivity index (χ2n) is 10.2. The molecule has 0 aromatic carbocycles. The van der Waals surface area contributed by atoms with E-state index in [2.05, 4.69) is 27.4 Å². The molecular weight excluding hydrogens is 594 g/mol. The van der Waals surface area contributed by atoms with E-state index in [1.54, 1.807) is 0 Å². The molecule has 15 heteroatoms. The topological polar surface area (TPSA) is 184 Å². The van der Waals surface area contributed by atoms with Crippen molar-refractivity contribution in [2.45, 2.75) is 129 Å². The molecule has 250 valence electrons. The lowest BCUT2D eigenvalue weighted by molar-refractivity contribution is -0.161. The predicted octanol–water partition coefficient (Wildman–Crippen LogP) is 5.98. The van der Waals surface area contributed by atoms with Crippen molar-refractivity contribution < 1.29 is 61.2 Å². The monoisotopic (exact) mass is 648 g/mol. The predicted molar refractivity (Wildman–Crippen MR) is 157 cm³/mol. The minimum atomic E-state index is -4.74. The van der Waals surface area contributed by atoms with Crippen molar-refractivity contribution in [2.24, 2.45) is 0 Å². The number of phosphoric ester groups is 2. The van der Waals surface area contributed by atoms with Gasteiger partial charge in [-0.25, -0.2) is 9.13 Å². The van der Waals surface area contributed by atoms with Crippen LogP contribution in [0.5, 0.6) is 0 Å². The zero-order chi connectivity index (χ0) is 31.7. The van der Waals surface area contributed by atoms with Crippen molar-refractivity contribution in [1.82, 2.24) is 0 Å². The first kappa shape index (κ1) is 41.1. The number of esters is 2. The SMILES string of the molecule is CCCCCCCCCCCCC(=O)O[C@H](COC(=O)CCCCCC)COP(=O)(O)OC[C@@H](O)COP(=O)(O)OC. The number of carbonyl (C=O) groups is 2. The Labute approximate surface area is 251 Å². The standard InChI is InChI=1S/C27H54O13P2/c1-4-6-8-10-11-12-13-14-15-17-19-27(30)40-25(22-36-26(29)18-16-9-7-5-2)23-39-42(33,34)38-21-24(28)20-37-41(31,32)35-3/h24-25,28H,4-23H2,1-3H3,(H,31,32)(H,33,34)/t24-,25+/m0/s1. The molecule has 0 radical (unpaired) electrons. The molecule has 0 aliphatic carbocycles. The molecule has 0 bridgehead atoms. The summed E-state index contributed by atoms with van der Waals surface area (Å²) in [5.41, 5.74) is 0. The molecule has 0 aliphatic heterocycles. The summed E-state index contributed by atoms with van der Waals surface area (Å²) in [7, 11) is -8.16. The molecule has 0 aromatic rings. The van der Waals surface area contributed by atoms with Crippen molar-refractivity contribution in [2.75, 3.05) is 33.5 Å². The summed E-state index contributed by atoms with van der Waals surface area (Å²) < 4.78 is 52.3. The van der Waals surface area contributed by atoms with Gasteiger partial charge in [0.1, 0.15) is 12.7 Å². The van der Waals surface area contributed by atoms with E-state index < -0.39 is 59.6 Å². The maximum atomic E-state index is 12.4. The van der Waals surface area contributed by atoms with E-state index in [1.165, 1.54) is 38.5 Å².